The minimum atomic E-state index is -0.872. The number of amides is 2. The van der Waals surface area contributed by atoms with Crippen LogP contribution in [0.25, 0.3) is 0 Å². The van der Waals surface area contributed by atoms with Crippen molar-refractivity contribution in [1.82, 2.24) is 5.32 Å². The van der Waals surface area contributed by atoms with E-state index in [1.165, 1.54) is 12.1 Å². The lowest BCUT2D eigenvalue weighted by Crippen LogP contribution is -2.37. The Bertz CT molecular complexity index is 805. The summed E-state index contributed by atoms with van der Waals surface area (Å²) in [5.74, 6) is -1.25. The number of aryl methyl sites for hydroxylation is 1. The molecule has 2 unspecified atom stereocenters. The molecule has 2 N–H and O–H groups in total. The predicted molar refractivity (Wildman–Crippen MR) is 92.0 cm³/mol. The highest BCUT2D eigenvalue weighted by Crippen LogP contribution is 2.41. The Hall–Kier alpha value is -2.89. The minimum absolute atomic E-state index is 0.00625. The molecular formula is C19H19FN2O3. The molecule has 0 saturated heterocycles. The Morgan fingerprint density at radius 1 is 1.12 bits per heavy atom. The van der Waals surface area contributed by atoms with E-state index in [4.69, 9.17) is 4.74 Å². The Balaban J connectivity index is 1.54. The zero-order valence-electron chi connectivity index (χ0n) is 14.0. The van der Waals surface area contributed by atoms with E-state index >= 15 is 0 Å². The van der Waals surface area contributed by atoms with Gasteiger partial charge in [-0.05, 0) is 48.7 Å². The molecular weight excluding hydrogens is 323 g/mol. The van der Waals surface area contributed by atoms with Crippen LogP contribution in [0, 0.1) is 12.7 Å². The van der Waals surface area contributed by atoms with Crippen molar-refractivity contribution in [2.45, 2.75) is 25.3 Å². The summed E-state index contributed by atoms with van der Waals surface area (Å²) in [6.45, 7) is 1.74. The number of methoxy groups -OCH3 is 1. The topological polar surface area (TPSA) is 67.4 Å². The Kier molecular flexibility index (Phi) is 4.70. The number of benzene rings is 2. The van der Waals surface area contributed by atoms with Crippen LogP contribution in [0.15, 0.2) is 42.5 Å². The van der Waals surface area contributed by atoms with Gasteiger partial charge >= 0.3 is 11.8 Å². The molecule has 0 aliphatic heterocycles. The first kappa shape index (κ1) is 17.0. The highest BCUT2D eigenvalue weighted by atomic mass is 19.1. The molecule has 0 radical (unpaired) electrons. The zero-order valence-corrected chi connectivity index (χ0v) is 14.0. The van der Waals surface area contributed by atoms with Crippen LogP contribution in [0.4, 0.5) is 10.1 Å². The number of hydrogen-bond donors (Lipinski definition) is 2. The first-order valence-electron chi connectivity index (χ1n) is 8.00. The Morgan fingerprint density at radius 3 is 2.48 bits per heavy atom. The number of carbonyl (C=O) groups excluding carboxylic acids is 2. The number of halogens is 1. The van der Waals surface area contributed by atoms with Crippen molar-refractivity contribution in [2.24, 2.45) is 0 Å². The monoisotopic (exact) mass is 342 g/mol. The summed E-state index contributed by atoms with van der Waals surface area (Å²) in [7, 11) is 1.60. The molecule has 1 aliphatic carbocycles. The van der Waals surface area contributed by atoms with Crippen molar-refractivity contribution in [1.29, 1.82) is 0 Å². The lowest BCUT2D eigenvalue weighted by atomic mass is 10.1. The van der Waals surface area contributed by atoms with Crippen molar-refractivity contribution in [3.05, 3.63) is 59.4 Å². The van der Waals surface area contributed by atoms with Crippen LogP contribution in [-0.4, -0.2) is 25.0 Å². The molecule has 6 heteroatoms. The maximum atomic E-state index is 13.7. The summed E-state index contributed by atoms with van der Waals surface area (Å²) >= 11 is 0. The van der Waals surface area contributed by atoms with E-state index in [9.17, 15) is 14.0 Å². The first-order chi connectivity index (χ1) is 12.0. The molecule has 0 bridgehead atoms. The van der Waals surface area contributed by atoms with Crippen LogP contribution in [-0.2, 0) is 9.59 Å². The molecule has 0 aromatic heterocycles. The number of rotatable bonds is 4. The van der Waals surface area contributed by atoms with Gasteiger partial charge in [0, 0.05) is 12.0 Å². The van der Waals surface area contributed by atoms with Crippen LogP contribution < -0.4 is 15.4 Å². The van der Waals surface area contributed by atoms with Gasteiger partial charge in [-0.1, -0.05) is 18.2 Å². The van der Waals surface area contributed by atoms with E-state index in [-0.39, 0.29) is 17.6 Å². The van der Waals surface area contributed by atoms with Gasteiger partial charge in [-0.2, -0.15) is 0 Å². The van der Waals surface area contributed by atoms with Gasteiger partial charge < -0.3 is 15.4 Å². The molecule has 2 aromatic rings. The van der Waals surface area contributed by atoms with Crippen molar-refractivity contribution >= 4 is 17.5 Å². The van der Waals surface area contributed by atoms with Crippen LogP contribution in [0.2, 0.25) is 0 Å². The molecule has 2 aromatic carbocycles. The van der Waals surface area contributed by atoms with Crippen molar-refractivity contribution in [2.75, 3.05) is 12.4 Å². The van der Waals surface area contributed by atoms with E-state index in [0.717, 1.165) is 23.3 Å². The van der Waals surface area contributed by atoms with Crippen LogP contribution in [0.1, 0.15) is 23.5 Å². The maximum absolute atomic E-state index is 13.7. The molecule has 2 amide bonds. The second kappa shape index (κ2) is 6.93. The second-order valence-electron chi connectivity index (χ2n) is 6.13. The summed E-state index contributed by atoms with van der Waals surface area (Å²) < 4.78 is 18.9. The van der Waals surface area contributed by atoms with Gasteiger partial charge in [0.05, 0.1) is 12.8 Å². The molecule has 130 valence electrons. The van der Waals surface area contributed by atoms with Crippen LogP contribution in [0.3, 0.4) is 0 Å². The quantitative estimate of drug-likeness (QED) is 0.840. The van der Waals surface area contributed by atoms with Crippen LogP contribution in [0.5, 0.6) is 5.75 Å². The summed E-state index contributed by atoms with van der Waals surface area (Å²) in [6, 6.07) is 11.9. The molecule has 2 atom stereocenters. The highest BCUT2D eigenvalue weighted by molar-refractivity contribution is 6.39. The molecule has 5 nitrogen and oxygen atoms in total. The number of anilines is 1. The van der Waals surface area contributed by atoms with E-state index in [2.05, 4.69) is 10.6 Å². The largest absolute Gasteiger partial charge is 0.497 e. The lowest BCUT2D eigenvalue weighted by Gasteiger charge is -2.08. The minimum Gasteiger partial charge on any atom is -0.497 e. The van der Waals surface area contributed by atoms with Gasteiger partial charge in [0.15, 0.2) is 0 Å². The molecule has 0 heterocycles. The fourth-order valence-corrected chi connectivity index (χ4v) is 2.71. The normalized spacial score (nSPS) is 18.4. The van der Waals surface area contributed by atoms with E-state index < -0.39 is 17.6 Å². The van der Waals surface area contributed by atoms with Crippen molar-refractivity contribution in [3.63, 3.8) is 0 Å². The smallest absolute Gasteiger partial charge is 0.313 e. The third-order valence-corrected chi connectivity index (χ3v) is 4.23. The Labute approximate surface area is 145 Å². The first-order valence-corrected chi connectivity index (χ1v) is 8.00. The van der Waals surface area contributed by atoms with Crippen LogP contribution >= 0.6 is 0 Å². The number of hydrogen-bond acceptors (Lipinski definition) is 3. The van der Waals surface area contributed by atoms with Gasteiger partial charge in [0.25, 0.3) is 0 Å². The average molecular weight is 342 g/mol. The number of nitrogens with one attached hydrogen (secondary N) is 2. The van der Waals surface area contributed by atoms with E-state index in [0.29, 0.717) is 0 Å². The SMILES string of the molecule is COc1ccc(C2CC2NC(=O)C(=O)Nc2ccc(C)cc2F)cc1. The van der Waals surface area contributed by atoms with Crippen molar-refractivity contribution < 1.29 is 18.7 Å². The summed E-state index contributed by atoms with van der Waals surface area (Å²) in [5.41, 5.74) is 1.81. The number of ether oxygens (including phenoxy) is 1. The average Bonchev–Trinajstić information content (AvgIpc) is 3.36. The fraction of sp³-hybridized carbons (Fsp3) is 0.263. The standard InChI is InChI=1S/C19H19FN2O3/c1-11-3-8-16(15(20)9-11)21-18(23)19(24)22-17-10-14(17)12-4-6-13(25-2)7-5-12/h3-9,14,17H,10H2,1-2H3,(H,21,23)(H,22,24). The fourth-order valence-electron chi connectivity index (χ4n) is 2.71. The summed E-state index contributed by atoms with van der Waals surface area (Å²) in [4.78, 5) is 23.9. The second-order valence-corrected chi connectivity index (χ2v) is 6.13. The molecule has 1 saturated carbocycles. The number of carbonyl (C=O) groups is 2. The van der Waals surface area contributed by atoms with Gasteiger partial charge in [0.2, 0.25) is 0 Å². The third kappa shape index (κ3) is 3.96. The predicted octanol–water partition coefficient (Wildman–Crippen LogP) is 2.75. The summed E-state index contributed by atoms with van der Waals surface area (Å²) in [6.07, 6.45) is 0.768. The lowest BCUT2D eigenvalue weighted by molar-refractivity contribution is -0.136. The Morgan fingerprint density at radius 2 is 1.84 bits per heavy atom. The maximum Gasteiger partial charge on any atom is 0.313 e. The van der Waals surface area contributed by atoms with Gasteiger partial charge in [-0.15, -0.1) is 0 Å². The molecule has 0 spiro atoms. The van der Waals surface area contributed by atoms with Gasteiger partial charge in [0.1, 0.15) is 11.6 Å². The van der Waals surface area contributed by atoms with Gasteiger partial charge in [-0.25, -0.2) is 4.39 Å². The zero-order chi connectivity index (χ0) is 18.0. The summed E-state index contributed by atoms with van der Waals surface area (Å²) in [5, 5.41) is 4.97. The molecule has 1 aliphatic rings. The van der Waals surface area contributed by atoms with E-state index in [1.54, 1.807) is 20.1 Å². The third-order valence-electron chi connectivity index (χ3n) is 4.23. The highest BCUT2D eigenvalue weighted by Gasteiger charge is 2.40. The van der Waals surface area contributed by atoms with E-state index in [1.807, 2.05) is 24.3 Å². The molecule has 3 rings (SSSR count). The van der Waals surface area contributed by atoms with Gasteiger partial charge in [-0.3, -0.25) is 9.59 Å². The molecule has 25 heavy (non-hydrogen) atoms. The van der Waals surface area contributed by atoms with Crippen molar-refractivity contribution in [3.8, 4) is 5.75 Å². The molecule has 1 fully saturated rings.